The third-order valence-electron chi connectivity index (χ3n) is 2.23. The number of rotatable bonds is 5. The van der Waals surface area contributed by atoms with Crippen LogP contribution in [0.2, 0.25) is 0 Å². The summed E-state index contributed by atoms with van der Waals surface area (Å²) in [5.74, 6) is 0. The molecule has 0 amide bonds. The van der Waals surface area contributed by atoms with E-state index in [0.717, 1.165) is 24.1 Å². The highest BCUT2D eigenvalue weighted by atomic mass is 16.3. The van der Waals surface area contributed by atoms with Gasteiger partial charge in [0.25, 0.3) is 0 Å². The molecule has 0 aromatic heterocycles. The van der Waals surface area contributed by atoms with Gasteiger partial charge in [-0.1, -0.05) is 24.3 Å². The summed E-state index contributed by atoms with van der Waals surface area (Å²) in [6.45, 7) is 0.645. The average Bonchev–Trinajstić information content (AvgIpc) is 2.25. The zero-order chi connectivity index (χ0) is 10.4. The zero-order valence-corrected chi connectivity index (χ0v) is 8.40. The van der Waals surface area contributed by atoms with E-state index in [1.165, 1.54) is 0 Å². The van der Waals surface area contributed by atoms with Crippen LogP contribution in [0.5, 0.6) is 0 Å². The largest absolute Gasteiger partial charge is 0.393 e. The van der Waals surface area contributed by atoms with Crippen molar-refractivity contribution >= 4 is 0 Å². The van der Waals surface area contributed by atoms with E-state index in [9.17, 15) is 5.11 Å². The minimum absolute atomic E-state index is 0.226. The first-order chi connectivity index (χ1) is 6.79. The fourth-order valence-corrected chi connectivity index (χ4v) is 1.44. The molecule has 0 bridgehead atoms. The second-order valence-electron chi connectivity index (χ2n) is 3.25. The number of nitrogens with one attached hydrogen (secondary N) is 1. The van der Waals surface area contributed by atoms with Crippen molar-refractivity contribution in [1.82, 2.24) is 5.32 Å². The van der Waals surface area contributed by atoms with Gasteiger partial charge in [0.15, 0.2) is 0 Å². The van der Waals surface area contributed by atoms with Crippen molar-refractivity contribution in [2.75, 3.05) is 20.2 Å². The summed E-state index contributed by atoms with van der Waals surface area (Å²) in [4.78, 5) is 0. The Morgan fingerprint density at radius 3 is 2.71 bits per heavy atom. The highest BCUT2D eigenvalue weighted by Crippen LogP contribution is 2.17. The van der Waals surface area contributed by atoms with E-state index in [1.54, 1.807) is 0 Å². The molecule has 1 atom stereocenters. The van der Waals surface area contributed by atoms with Gasteiger partial charge in [-0.05, 0) is 31.1 Å². The molecule has 1 unspecified atom stereocenters. The zero-order valence-electron chi connectivity index (χ0n) is 8.40. The van der Waals surface area contributed by atoms with E-state index in [0.29, 0.717) is 0 Å². The van der Waals surface area contributed by atoms with Gasteiger partial charge in [-0.2, -0.15) is 0 Å². The summed E-state index contributed by atoms with van der Waals surface area (Å²) in [6, 6.07) is 7.65. The van der Waals surface area contributed by atoms with E-state index in [2.05, 4.69) is 5.32 Å². The van der Waals surface area contributed by atoms with E-state index in [-0.39, 0.29) is 6.61 Å². The molecule has 0 spiro atoms. The molecule has 0 fully saturated rings. The van der Waals surface area contributed by atoms with Crippen molar-refractivity contribution in [3.8, 4) is 0 Å². The standard InChI is InChI=1S/C11H17NO2/c1-12-7-6-9-4-2-3-5-10(9)11(14)8-13/h2-5,11-14H,6-8H2,1H3. The van der Waals surface area contributed by atoms with Crippen LogP contribution in [-0.2, 0) is 6.42 Å². The Kier molecular flexibility index (Phi) is 4.59. The Labute approximate surface area is 84.4 Å². The van der Waals surface area contributed by atoms with Crippen molar-refractivity contribution in [1.29, 1.82) is 0 Å². The summed E-state index contributed by atoms with van der Waals surface area (Å²) in [5.41, 5.74) is 1.91. The lowest BCUT2D eigenvalue weighted by atomic mass is 10.0. The summed E-state index contributed by atoms with van der Waals surface area (Å²) in [5, 5.41) is 21.5. The smallest absolute Gasteiger partial charge is 0.102 e. The van der Waals surface area contributed by atoms with Crippen LogP contribution in [0.3, 0.4) is 0 Å². The lowest BCUT2D eigenvalue weighted by molar-refractivity contribution is 0.0949. The van der Waals surface area contributed by atoms with Gasteiger partial charge < -0.3 is 15.5 Å². The Morgan fingerprint density at radius 1 is 1.36 bits per heavy atom. The number of hydrogen-bond donors (Lipinski definition) is 3. The molecule has 3 N–H and O–H groups in total. The van der Waals surface area contributed by atoms with Gasteiger partial charge >= 0.3 is 0 Å². The highest BCUT2D eigenvalue weighted by molar-refractivity contribution is 5.29. The molecule has 1 rings (SSSR count). The van der Waals surface area contributed by atoms with Crippen LogP contribution in [0.4, 0.5) is 0 Å². The number of likely N-dealkylation sites (N-methyl/N-ethyl adjacent to an activating group) is 1. The summed E-state index contributed by atoms with van der Waals surface area (Å²) in [7, 11) is 1.89. The summed E-state index contributed by atoms with van der Waals surface area (Å²) >= 11 is 0. The molecular formula is C11H17NO2. The third-order valence-corrected chi connectivity index (χ3v) is 2.23. The lowest BCUT2D eigenvalue weighted by Gasteiger charge is -2.13. The molecule has 3 nitrogen and oxygen atoms in total. The first kappa shape index (κ1) is 11.2. The van der Waals surface area contributed by atoms with Crippen molar-refractivity contribution in [2.24, 2.45) is 0 Å². The van der Waals surface area contributed by atoms with Gasteiger partial charge in [-0.3, -0.25) is 0 Å². The van der Waals surface area contributed by atoms with Crippen LogP contribution in [0.25, 0.3) is 0 Å². The van der Waals surface area contributed by atoms with E-state index >= 15 is 0 Å². The van der Waals surface area contributed by atoms with Gasteiger partial charge in [0.2, 0.25) is 0 Å². The van der Waals surface area contributed by atoms with Crippen LogP contribution < -0.4 is 5.32 Å². The molecule has 0 aliphatic rings. The predicted molar refractivity (Wildman–Crippen MR) is 56.1 cm³/mol. The predicted octanol–water partition coefficient (Wildman–Crippen LogP) is 0.474. The second-order valence-corrected chi connectivity index (χ2v) is 3.25. The van der Waals surface area contributed by atoms with Crippen molar-refractivity contribution < 1.29 is 10.2 Å². The van der Waals surface area contributed by atoms with Gasteiger partial charge in [0.1, 0.15) is 6.10 Å². The first-order valence-corrected chi connectivity index (χ1v) is 4.81. The summed E-state index contributed by atoms with van der Waals surface area (Å²) < 4.78 is 0. The maximum Gasteiger partial charge on any atom is 0.102 e. The quantitative estimate of drug-likeness (QED) is 0.640. The number of hydrogen-bond acceptors (Lipinski definition) is 3. The highest BCUT2D eigenvalue weighted by Gasteiger charge is 2.09. The normalized spacial score (nSPS) is 12.8. The van der Waals surface area contributed by atoms with Crippen molar-refractivity contribution in [3.63, 3.8) is 0 Å². The molecular weight excluding hydrogens is 178 g/mol. The molecule has 0 saturated carbocycles. The molecule has 3 heteroatoms. The minimum Gasteiger partial charge on any atom is -0.393 e. The molecule has 0 radical (unpaired) electrons. The monoisotopic (exact) mass is 195 g/mol. The molecule has 1 aromatic carbocycles. The van der Waals surface area contributed by atoms with E-state index in [1.807, 2.05) is 31.3 Å². The summed E-state index contributed by atoms with van der Waals surface area (Å²) in [6.07, 6.45) is 0.104. The van der Waals surface area contributed by atoms with Gasteiger partial charge in [0.05, 0.1) is 6.61 Å². The van der Waals surface area contributed by atoms with Gasteiger partial charge in [-0.15, -0.1) is 0 Å². The van der Waals surface area contributed by atoms with Crippen LogP contribution >= 0.6 is 0 Å². The Balaban J connectivity index is 2.79. The first-order valence-electron chi connectivity index (χ1n) is 4.81. The van der Waals surface area contributed by atoms with Crippen LogP contribution in [-0.4, -0.2) is 30.4 Å². The Hall–Kier alpha value is -0.900. The molecule has 0 saturated heterocycles. The molecule has 1 aromatic rings. The van der Waals surface area contributed by atoms with E-state index < -0.39 is 6.10 Å². The van der Waals surface area contributed by atoms with Crippen LogP contribution in [0, 0.1) is 0 Å². The van der Waals surface area contributed by atoms with Crippen molar-refractivity contribution in [2.45, 2.75) is 12.5 Å². The van der Waals surface area contributed by atoms with Gasteiger partial charge in [-0.25, -0.2) is 0 Å². The molecule has 14 heavy (non-hydrogen) atoms. The number of aliphatic hydroxyl groups excluding tert-OH is 2. The molecule has 78 valence electrons. The Bertz CT molecular complexity index is 276. The minimum atomic E-state index is -0.761. The van der Waals surface area contributed by atoms with Gasteiger partial charge in [0, 0.05) is 0 Å². The molecule has 0 heterocycles. The van der Waals surface area contributed by atoms with Crippen LogP contribution in [0.1, 0.15) is 17.2 Å². The second kappa shape index (κ2) is 5.75. The third kappa shape index (κ3) is 2.80. The van der Waals surface area contributed by atoms with E-state index in [4.69, 9.17) is 5.11 Å². The average molecular weight is 195 g/mol. The number of aliphatic hydroxyl groups is 2. The fraction of sp³-hybridized carbons (Fsp3) is 0.455. The molecule has 0 aliphatic heterocycles. The maximum atomic E-state index is 9.54. The number of benzene rings is 1. The maximum absolute atomic E-state index is 9.54. The SMILES string of the molecule is CNCCc1ccccc1C(O)CO. The van der Waals surface area contributed by atoms with Crippen molar-refractivity contribution in [3.05, 3.63) is 35.4 Å². The topological polar surface area (TPSA) is 52.5 Å². The van der Waals surface area contributed by atoms with Crippen LogP contribution in [0.15, 0.2) is 24.3 Å². The lowest BCUT2D eigenvalue weighted by Crippen LogP contribution is -2.13. The Morgan fingerprint density at radius 2 is 2.07 bits per heavy atom. The fourth-order valence-electron chi connectivity index (χ4n) is 1.44. The molecule has 0 aliphatic carbocycles.